The highest BCUT2D eigenvalue weighted by molar-refractivity contribution is 9.10. The summed E-state index contributed by atoms with van der Waals surface area (Å²) in [4.78, 5) is 0. The molecule has 1 heterocycles. The Balaban J connectivity index is 2.50. The fourth-order valence-electron chi connectivity index (χ4n) is 1.60. The number of halogens is 1. The van der Waals surface area contributed by atoms with Gasteiger partial charge in [-0.2, -0.15) is 5.26 Å². The molecule has 1 aromatic carbocycles. The average Bonchev–Trinajstić information content (AvgIpc) is 2.66. The fourth-order valence-corrected chi connectivity index (χ4v) is 1.86. The minimum absolute atomic E-state index is 0.0697. The maximum atomic E-state index is 9.15. The standard InChI is InChI=1S/C13H13BrN4O/c1-8(2)19-13-11(7-15)12(16)18(17-13)10-5-3-9(14)4-6-10/h3-6,8H,16H2,1-2H3. The van der Waals surface area contributed by atoms with Crippen molar-refractivity contribution in [3.8, 4) is 17.6 Å². The van der Waals surface area contributed by atoms with Crippen molar-refractivity contribution in [2.24, 2.45) is 0 Å². The van der Waals surface area contributed by atoms with Crippen LogP contribution in [-0.4, -0.2) is 15.9 Å². The lowest BCUT2D eigenvalue weighted by molar-refractivity contribution is 0.230. The predicted molar refractivity (Wildman–Crippen MR) is 76.2 cm³/mol. The Morgan fingerprint density at radius 2 is 2.00 bits per heavy atom. The van der Waals surface area contributed by atoms with Crippen LogP contribution in [0.15, 0.2) is 28.7 Å². The lowest BCUT2D eigenvalue weighted by atomic mass is 10.3. The largest absolute Gasteiger partial charge is 0.473 e. The average molecular weight is 321 g/mol. The molecule has 0 saturated heterocycles. The molecular formula is C13H13BrN4O. The van der Waals surface area contributed by atoms with Gasteiger partial charge in [0.25, 0.3) is 5.88 Å². The van der Waals surface area contributed by atoms with Crippen molar-refractivity contribution in [3.05, 3.63) is 34.3 Å². The molecule has 5 nitrogen and oxygen atoms in total. The van der Waals surface area contributed by atoms with Gasteiger partial charge in [-0.15, -0.1) is 5.10 Å². The number of benzene rings is 1. The third-order valence-electron chi connectivity index (χ3n) is 2.42. The number of nitrogen functional groups attached to an aromatic ring is 1. The first-order valence-corrected chi connectivity index (χ1v) is 6.53. The molecule has 0 bridgehead atoms. The maximum absolute atomic E-state index is 9.15. The van der Waals surface area contributed by atoms with Gasteiger partial charge < -0.3 is 10.5 Å². The summed E-state index contributed by atoms with van der Waals surface area (Å²) in [5.74, 6) is 0.540. The third-order valence-corrected chi connectivity index (χ3v) is 2.95. The molecule has 0 fully saturated rings. The van der Waals surface area contributed by atoms with E-state index in [1.165, 1.54) is 4.68 Å². The number of anilines is 1. The van der Waals surface area contributed by atoms with Crippen LogP contribution in [0.5, 0.6) is 5.88 Å². The Morgan fingerprint density at radius 3 is 2.53 bits per heavy atom. The molecule has 0 radical (unpaired) electrons. The van der Waals surface area contributed by atoms with Crippen LogP contribution in [0.1, 0.15) is 19.4 Å². The number of nitriles is 1. The first-order chi connectivity index (χ1) is 9.02. The molecule has 2 aromatic rings. The van der Waals surface area contributed by atoms with Gasteiger partial charge >= 0.3 is 0 Å². The Kier molecular flexibility index (Phi) is 3.76. The van der Waals surface area contributed by atoms with Crippen molar-refractivity contribution in [2.45, 2.75) is 20.0 Å². The molecule has 0 aliphatic rings. The Hall–Kier alpha value is -2.00. The van der Waals surface area contributed by atoms with Gasteiger partial charge in [-0.05, 0) is 38.1 Å². The monoisotopic (exact) mass is 320 g/mol. The van der Waals surface area contributed by atoms with E-state index in [0.29, 0.717) is 0 Å². The predicted octanol–water partition coefficient (Wildman–Crippen LogP) is 2.88. The second-order valence-corrected chi connectivity index (χ2v) is 5.15. The van der Waals surface area contributed by atoms with Crippen molar-refractivity contribution in [1.29, 1.82) is 5.26 Å². The first kappa shape index (κ1) is 13.4. The molecular weight excluding hydrogens is 308 g/mol. The number of rotatable bonds is 3. The number of aromatic nitrogens is 2. The molecule has 98 valence electrons. The van der Waals surface area contributed by atoms with Gasteiger partial charge in [0.05, 0.1) is 11.8 Å². The summed E-state index contributed by atoms with van der Waals surface area (Å²) in [7, 11) is 0. The topological polar surface area (TPSA) is 76.9 Å². The normalized spacial score (nSPS) is 10.5. The van der Waals surface area contributed by atoms with Crippen LogP contribution in [0.25, 0.3) is 5.69 Å². The van der Waals surface area contributed by atoms with Gasteiger partial charge in [0.15, 0.2) is 5.56 Å². The summed E-state index contributed by atoms with van der Waals surface area (Å²) in [5, 5.41) is 13.4. The number of hydrogen-bond donors (Lipinski definition) is 1. The zero-order chi connectivity index (χ0) is 14.0. The van der Waals surface area contributed by atoms with Gasteiger partial charge in [0.1, 0.15) is 11.9 Å². The van der Waals surface area contributed by atoms with Crippen LogP contribution < -0.4 is 10.5 Å². The highest BCUT2D eigenvalue weighted by Crippen LogP contribution is 2.27. The number of hydrogen-bond acceptors (Lipinski definition) is 4. The molecule has 0 unspecified atom stereocenters. The van der Waals surface area contributed by atoms with Crippen LogP contribution in [-0.2, 0) is 0 Å². The van der Waals surface area contributed by atoms with Crippen molar-refractivity contribution < 1.29 is 4.74 Å². The Labute approximate surface area is 119 Å². The molecule has 0 amide bonds. The molecule has 0 atom stereocenters. The molecule has 0 aliphatic heterocycles. The van der Waals surface area contributed by atoms with Crippen LogP contribution in [0.3, 0.4) is 0 Å². The van der Waals surface area contributed by atoms with Gasteiger partial charge in [-0.1, -0.05) is 15.9 Å². The summed E-state index contributed by atoms with van der Waals surface area (Å²) in [6.07, 6.45) is -0.0697. The zero-order valence-electron chi connectivity index (χ0n) is 10.6. The highest BCUT2D eigenvalue weighted by atomic mass is 79.9. The lowest BCUT2D eigenvalue weighted by Crippen LogP contribution is -2.07. The van der Waals surface area contributed by atoms with E-state index in [1.807, 2.05) is 44.2 Å². The number of nitrogens with two attached hydrogens (primary N) is 1. The van der Waals surface area contributed by atoms with Crippen LogP contribution in [0.4, 0.5) is 5.82 Å². The van der Waals surface area contributed by atoms with E-state index in [4.69, 9.17) is 15.7 Å². The van der Waals surface area contributed by atoms with E-state index in [9.17, 15) is 0 Å². The van der Waals surface area contributed by atoms with E-state index in [1.54, 1.807) is 0 Å². The molecule has 19 heavy (non-hydrogen) atoms. The second-order valence-electron chi connectivity index (χ2n) is 4.23. The SMILES string of the molecule is CC(C)Oc1nn(-c2ccc(Br)cc2)c(N)c1C#N. The molecule has 6 heteroatoms. The van der Waals surface area contributed by atoms with Gasteiger partial charge in [-0.3, -0.25) is 0 Å². The van der Waals surface area contributed by atoms with Crippen LogP contribution in [0.2, 0.25) is 0 Å². The van der Waals surface area contributed by atoms with Crippen LogP contribution in [0, 0.1) is 11.3 Å². The van der Waals surface area contributed by atoms with E-state index in [0.717, 1.165) is 10.2 Å². The quantitative estimate of drug-likeness (QED) is 0.943. The number of nitrogens with zero attached hydrogens (tertiary/aromatic N) is 3. The molecule has 0 saturated carbocycles. The van der Waals surface area contributed by atoms with Crippen molar-refractivity contribution in [1.82, 2.24) is 9.78 Å². The minimum atomic E-state index is -0.0697. The highest BCUT2D eigenvalue weighted by Gasteiger charge is 2.18. The van der Waals surface area contributed by atoms with E-state index in [-0.39, 0.29) is 23.4 Å². The van der Waals surface area contributed by atoms with Crippen molar-refractivity contribution >= 4 is 21.7 Å². The summed E-state index contributed by atoms with van der Waals surface area (Å²) in [5.41, 5.74) is 6.98. The zero-order valence-corrected chi connectivity index (χ0v) is 12.2. The van der Waals surface area contributed by atoms with Crippen molar-refractivity contribution in [2.75, 3.05) is 5.73 Å². The molecule has 0 aliphatic carbocycles. The summed E-state index contributed by atoms with van der Waals surface area (Å²) < 4.78 is 7.96. The lowest BCUT2D eigenvalue weighted by Gasteiger charge is -2.05. The van der Waals surface area contributed by atoms with E-state index < -0.39 is 0 Å². The van der Waals surface area contributed by atoms with E-state index >= 15 is 0 Å². The molecule has 2 rings (SSSR count). The summed E-state index contributed by atoms with van der Waals surface area (Å²) >= 11 is 3.36. The summed E-state index contributed by atoms with van der Waals surface area (Å²) in [6, 6.07) is 9.50. The number of ether oxygens (including phenoxy) is 1. The molecule has 2 N–H and O–H groups in total. The smallest absolute Gasteiger partial charge is 0.253 e. The van der Waals surface area contributed by atoms with E-state index in [2.05, 4.69) is 21.0 Å². The molecule has 1 aromatic heterocycles. The van der Waals surface area contributed by atoms with Gasteiger partial charge in [0, 0.05) is 4.47 Å². The van der Waals surface area contributed by atoms with Gasteiger partial charge in [0.2, 0.25) is 0 Å². The van der Waals surface area contributed by atoms with Crippen molar-refractivity contribution in [3.63, 3.8) is 0 Å². The second kappa shape index (κ2) is 5.33. The maximum Gasteiger partial charge on any atom is 0.253 e. The summed E-state index contributed by atoms with van der Waals surface area (Å²) in [6.45, 7) is 3.74. The van der Waals surface area contributed by atoms with Crippen LogP contribution >= 0.6 is 15.9 Å². The first-order valence-electron chi connectivity index (χ1n) is 5.74. The third kappa shape index (κ3) is 2.71. The minimum Gasteiger partial charge on any atom is -0.473 e. The molecule has 0 spiro atoms. The Morgan fingerprint density at radius 1 is 1.37 bits per heavy atom. The Bertz CT molecular complexity index is 625. The fraction of sp³-hybridized carbons (Fsp3) is 0.231. The van der Waals surface area contributed by atoms with Gasteiger partial charge in [-0.25, -0.2) is 4.68 Å².